The Morgan fingerprint density at radius 1 is 1.07 bits per heavy atom. The van der Waals surface area contributed by atoms with Crippen molar-refractivity contribution in [2.45, 2.75) is 25.7 Å². The van der Waals surface area contributed by atoms with Crippen molar-refractivity contribution in [3.05, 3.63) is 54.1 Å². The molecule has 0 radical (unpaired) electrons. The number of aromatic nitrogens is 2. The molecule has 0 N–H and O–H groups in total. The lowest BCUT2D eigenvalue weighted by atomic mass is 9.83. The highest BCUT2D eigenvalue weighted by molar-refractivity contribution is 5.92. The first-order chi connectivity index (χ1) is 13.2. The van der Waals surface area contributed by atoms with Gasteiger partial charge in [0.2, 0.25) is 0 Å². The maximum absolute atomic E-state index is 12.6. The first-order valence-corrected chi connectivity index (χ1v) is 10.2. The van der Waals surface area contributed by atoms with Gasteiger partial charge in [0.05, 0.1) is 12.5 Å². The Morgan fingerprint density at radius 2 is 1.81 bits per heavy atom. The highest BCUT2D eigenvalue weighted by Crippen LogP contribution is 2.32. The van der Waals surface area contributed by atoms with E-state index in [0.29, 0.717) is 5.69 Å². The van der Waals surface area contributed by atoms with Crippen molar-refractivity contribution < 1.29 is 4.79 Å². The molecule has 27 heavy (non-hydrogen) atoms. The Kier molecular flexibility index (Phi) is 5.58. The number of benzene rings is 1. The van der Waals surface area contributed by atoms with E-state index in [9.17, 15) is 4.79 Å². The number of nitrogens with zero attached hydrogens (tertiary/aromatic N) is 4. The predicted octanol–water partition coefficient (Wildman–Crippen LogP) is 2.84. The Balaban J connectivity index is 1.23. The summed E-state index contributed by atoms with van der Waals surface area (Å²) < 4.78 is 1.82. The quantitative estimate of drug-likeness (QED) is 0.817. The number of likely N-dealkylation sites (tertiary alicyclic amines) is 2. The van der Waals surface area contributed by atoms with Gasteiger partial charge in [0.1, 0.15) is 5.69 Å². The zero-order valence-corrected chi connectivity index (χ0v) is 16.3. The van der Waals surface area contributed by atoms with Gasteiger partial charge < -0.3 is 14.4 Å². The topological polar surface area (TPSA) is 41.4 Å². The summed E-state index contributed by atoms with van der Waals surface area (Å²) in [5, 5.41) is 0. The Bertz CT molecular complexity index is 749. The summed E-state index contributed by atoms with van der Waals surface area (Å²) in [7, 11) is 1.88. The lowest BCUT2D eigenvalue weighted by Crippen LogP contribution is -2.41. The van der Waals surface area contributed by atoms with Gasteiger partial charge in [-0.2, -0.15) is 0 Å². The van der Waals surface area contributed by atoms with Crippen molar-refractivity contribution >= 4 is 5.91 Å². The molecule has 1 unspecified atom stereocenters. The van der Waals surface area contributed by atoms with Crippen molar-refractivity contribution in [3.8, 4) is 0 Å². The smallest absolute Gasteiger partial charge is 0.272 e. The van der Waals surface area contributed by atoms with Gasteiger partial charge in [-0.05, 0) is 49.6 Å². The molecule has 2 aromatic rings. The van der Waals surface area contributed by atoms with Crippen LogP contribution < -0.4 is 0 Å². The number of piperidine rings is 1. The summed E-state index contributed by atoms with van der Waals surface area (Å²) in [6.45, 7) is 5.39. The molecule has 5 nitrogen and oxygen atoms in total. The minimum atomic E-state index is 0.129. The van der Waals surface area contributed by atoms with Crippen LogP contribution in [0.4, 0.5) is 0 Å². The zero-order chi connectivity index (χ0) is 18.6. The van der Waals surface area contributed by atoms with Crippen molar-refractivity contribution in [2.24, 2.45) is 18.9 Å². The average Bonchev–Trinajstić information content (AvgIpc) is 3.36. The van der Waals surface area contributed by atoms with Crippen LogP contribution >= 0.6 is 0 Å². The summed E-state index contributed by atoms with van der Waals surface area (Å²) in [4.78, 5) is 21.4. The molecule has 1 aromatic carbocycles. The Labute approximate surface area is 162 Å². The van der Waals surface area contributed by atoms with E-state index in [1.165, 1.54) is 31.6 Å². The Morgan fingerprint density at radius 3 is 2.52 bits per heavy atom. The van der Waals surface area contributed by atoms with Crippen LogP contribution in [0.2, 0.25) is 0 Å². The molecule has 1 atom stereocenters. The van der Waals surface area contributed by atoms with Gasteiger partial charge in [0, 0.05) is 33.2 Å². The molecule has 2 fully saturated rings. The highest BCUT2D eigenvalue weighted by Gasteiger charge is 2.33. The largest absolute Gasteiger partial charge is 0.337 e. The fourth-order valence-corrected chi connectivity index (χ4v) is 4.68. The molecule has 0 bridgehead atoms. The maximum atomic E-state index is 12.6. The number of imidazole rings is 1. The normalized spacial score (nSPS) is 21.7. The molecule has 2 aliphatic heterocycles. The zero-order valence-electron chi connectivity index (χ0n) is 16.3. The molecular weight excluding hydrogens is 336 g/mol. The van der Waals surface area contributed by atoms with Gasteiger partial charge in [0.15, 0.2) is 0 Å². The first-order valence-electron chi connectivity index (χ1n) is 10.2. The first kappa shape index (κ1) is 18.2. The number of carbonyl (C=O) groups is 1. The van der Waals surface area contributed by atoms with Gasteiger partial charge in [-0.3, -0.25) is 4.79 Å². The summed E-state index contributed by atoms with van der Waals surface area (Å²) in [5.41, 5.74) is 2.13. The molecule has 0 saturated carbocycles. The molecule has 5 heteroatoms. The van der Waals surface area contributed by atoms with E-state index in [1.54, 1.807) is 12.5 Å². The molecule has 2 aliphatic rings. The van der Waals surface area contributed by atoms with E-state index in [0.717, 1.165) is 44.2 Å². The van der Waals surface area contributed by atoms with Gasteiger partial charge in [-0.15, -0.1) is 0 Å². The lowest BCUT2D eigenvalue weighted by molar-refractivity contribution is 0.0650. The van der Waals surface area contributed by atoms with Crippen LogP contribution in [0.3, 0.4) is 0 Å². The van der Waals surface area contributed by atoms with E-state index in [4.69, 9.17) is 0 Å². The SMILES string of the molecule is Cn1cncc1C(=O)N1CCC(C2CCN(CCc3ccccc3)C2)CC1. The molecule has 144 valence electrons. The van der Waals surface area contributed by atoms with Crippen molar-refractivity contribution in [1.29, 1.82) is 0 Å². The fraction of sp³-hybridized carbons (Fsp3) is 0.545. The molecule has 1 aromatic heterocycles. The molecule has 0 spiro atoms. The fourth-order valence-electron chi connectivity index (χ4n) is 4.68. The minimum Gasteiger partial charge on any atom is -0.337 e. The minimum absolute atomic E-state index is 0.129. The summed E-state index contributed by atoms with van der Waals surface area (Å²) in [5.74, 6) is 1.70. The lowest BCUT2D eigenvalue weighted by Gasteiger charge is -2.35. The van der Waals surface area contributed by atoms with Crippen molar-refractivity contribution in [1.82, 2.24) is 19.4 Å². The van der Waals surface area contributed by atoms with Crippen LogP contribution in [-0.2, 0) is 13.5 Å². The number of hydrogen-bond acceptors (Lipinski definition) is 3. The van der Waals surface area contributed by atoms with Crippen LogP contribution in [0.15, 0.2) is 42.9 Å². The summed E-state index contributed by atoms with van der Waals surface area (Å²) in [6, 6.07) is 10.8. The van der Waals surface area contributed by atoms with Crippen LogP contribution in [0, 0.1) is 11.8 Å². The second kappa shape index (κ2) is 8.26. The second-order valence-electron chi connectivity index (χ2n) is 8.10. The van der Waals surface area contributed by atoms with Crippen LogP contribution in [0.1, 0.15) is 35.3 Å². The average molecular weight is 367 g/mol. The number of carbonyl (C=O) groups excluding carboxylic acids is 1. The number of aryl methyl sites for hydroxylation is 1. The van der Waals surface area contributed by atoms with Crippen LogP contribution in [0.5, 0.6) is 0 Å². The highest BCUT2D eigenvalue weighted by atomic mass is 16.2. The maximum Gasteiger partial charge on any atom is 0.272 e. The predicted molar refractivity (Wildman–Crippen MR) is 107 cm³/mol. The summed E-state index contributed by atoms with van der Waals surface area (Å²) >= 11 is 0. The van der Waals surface area contributed by atoms with Gasteiger partial charge >= 0.3 is 0 Å². The van der Waals surface area contributed by atoms with Crippen molar-refractivity contribution in [3.63, 3.8) is 0 Å². The van der Waals surface area contributed by atoms with Crippen LogP contribution in [0.25, 0.3) is 0 Å². The summed E-state index contributed by atoms with van der Waals surface area (Å²) in [6.07, 6.45) is 8.11. The van der Waals surface area contributed by atoms with E-state index < -0.39 is 0 Å². The second-order valence-corrected chi connectivity index (χ2v) is 8.10. The third-order valence-electron chi connectivity index (χ3n) is 6.40. The number of amides is 1. The van der Waals surface area contributed by atoms with Gasteiger partial charge in [0.25, 0.3) is 5.91 Å². The molecule has 3 heterocycles. The van der Waals surface area contributed by atoms with E-state index in [1.807, 2.05) is 16.5 Å². The van der Waals surface area contributed by atoms with E-state index in [-0.39, 0.29) is 5.91 Å². The molecular formula is C22H30N4O. The number of hydrogen-bond donors (Lipinski definition) is 0. The standard InChI is InChI=1S/C22H30N4O/c1-24-17-23-15-21(24)22(27)26-13-9-19(10-14-26)20-8-12-25(16-20)11-7-18-5-3-2-4-6-18/h2-6,15,17,19-20H,7-14,16H2,1H3. The molecule has 0 aliphatic carbocycles. The molecule has 2 saturated heterocycles. The monoisotopic (exact) mass is 366 g/mol. The van der Waals surface area contributed by atoms with Crippen LogP contribution in [-0.4, -0.2) is 58.0 Å². The molecule has 1 amide bonds. The van der Waals surface area contributed by atoms with E-state index >= 15 is 0 Å². The third-order valence-corrected chi connectivity index (χ3v) is 6.40. The Hall–Kier alpha value is -2.14. The van der Waals surface area contributed by atoms with Gasteiger partial charge in [-0.1, -0.05) is 30.3 Å². The van der Waals surface area contributed by atoms with E-state index in [2.05, 4.69) is 40.2 Å². The van der Waals surface area contributed by atoms with Gasteiger partial charge in [-0.25, -0.2) is 4.98 Å². The third kappa shape index (κ3) is 4.24. The molecule has 4 rings (SSSR count). The number of rotatable bonds is 5. The van der Waals surface area contributed by atoms with Crippen molar-refractivity contribution in [2.75, 3.05) is 32.7 Å².